The van der Waals surface area contributed by atoms with E-state index in [2.05, 4.69) is 26.1 Å². The van der Waals surface area contributed by atoms with Crippen LogP contribution in [0.5, 0.6) is 0 Å². The molecule has 0 aliphatic rings. The van der Waals surface area contributed by atoms with Crippen molar-refractivity contribution < 1.29 is 0 Å². The van der Waals surface area contributed by atoms with Crippen LogP contribution >= 0.6 is 39.3 Å². The molecule has 1 heterocycles. The summed E-state index contributed by atoms with van der Waals surface area (Å²) in [6, 6.07) is 15.9. The van der Waals surface area contributed by atoms with E-state index in [1.54, 1.807) is 11.8 Å². The number of aromatic nitrogens is 3. The number of hydrogen-bond acceptors (Lipinski definition) is 3. The summed E-state index contributed by atoms with van der Waals surface area (Å²) in [4.78, 5) is 0. The zero-order chi connectivity index (χ0) is 15.5. The highest BCUT2D eigenvalue weighted by molar-refractivity contribution is 9.10. The molecular weight excluding hydrogens is 382 g/mol. The molecule has 0 amide bonds. The molecule has 0 aliphatic carbocycles. The molecule has 0 saturated carbocycles. The lowest BCUT2D eigenvalue weighted by atomic mass is 10.2. The van der Waals surface area contributed by atoms with Crippen LogP contribution in [0.15, 0.2) is 58.2 Å². The molecule has 0 fully saturated rings. The van der Waals surface area contributed by atoms with Crippen molar-refractivity contribution in [1.82, 2.24) is 14.8 Å². The van der Waals surface area contributed by atoms with Gasteiger partial charge in [-0.05, 0) is 29.8 Å². The van der Waals surface area contributed by atoms with Gasteiger partial charge in [0.1, 0.15) is 0 Å². The van der Waals surface area contributed by atoms with Gasteiger partial charge in [-0.1, -0.05) is 63.6 Å². The van der Waals surface area contributed by atoms with Crippen molar-refractivity contribution in [3.8, 4) is 11.4 Å². The second kappa shape index (κ2) is 6.86. The van der Waals surface area contributed by atoms with Crippen LogP contribution in [0, 0.1) is 0 Å². The van der Waals surface area contributed by atoms with Crippen molar-refractivity contribution >= 4 is 39.3 Å². The van der Waals surface area contributed by atoms with E-state index in [4.69, 9.17) is 11.6 Å². The predicted octanol–water partition coefficient (Wildman–Crippen LogP) is 5.19. The minimum atomic E-state index is 0.755. The van der Waals surface area contributed by atoms with Crippen LogP contribution in [-0.4, -0.2) is 14.8 Å². The number of rotatable bonds is 4. The van der Waals surface area contributed by atoms with Gasteiger partial charge in [0, 0.05) is 27.9 Å². The van der Waals surface area contributed by atoms with Crippen molar-refractivity contribution in [3.63, 3.8) is 0 Å². The van der Waals surface area contributed by atoms with Gasteiger partial charge in [-0.25, -0.2) is 0 Å². The minimum Gasteiger partial charge on any atom is -0.305 e. The maximum Gasteiger partial charge on any atom is 0.191 e. The Balaban J connectivity index is 1.75. The number of halogens is 2. The van der Waals surface area contributed by atoms with Gasteiger partial charge in [-0.2, -0.15) is 0 Å². The molecule has 3 rings (SSSR count). The minimum absolute atomic E-state index is 0.755. The van der Waals surface area contributed by atoms with Crippen LogP contribution < -0.4 is 0 Å². The van der Waals surface area contributed by atoms with Gasteiger partial charge in [0.15, 0.2) is 11.0 Å². The third-order valence-corrected chi connectivity index (χ3v) is 5.09. The molecule has 3 aromatic rings. The SMILES string of the molecule is Cn1c(SCc2ccc(Cl)cc2)nnc1-c1ccc(Br)cc1. The Bertz CT molecular complexity index is 769. The first-order valence-electron chi connectivity index (χ1n) is 6.66. The Morgan fingerprint density at radius 3 is 2.41 bits per heavy atom. The molecule has 0 radical (unpaired) electrons. The first-order chi connectivity index (χ1) is 10.6. The fraction of sp³-hybridized carbons (Fsp3) is 0.125. The first kappa shape index (κ1) is 15.6. The highest BCUT2D eigenvalue weighted by Crippen LogP contribution is 2.26. The van der Waals surface area contributed by atoms with E-state index < -0.39 is 0 Å². The van der Waals surface area contributed by atoms with Gasteiger partial charge in [0.2, 0.25) is 0 Å². The van der Waals surface area contributed by atoms with Gasteiger partial charge in [-0.3, -0.25) is 0 Å². The van der Waals surface area contributed by atoms with E-state index >= 15 is 0 Å². The summed E-state index contributed by atoms with van der Waals surface area (Å²) in [6.07, 6.45) is 0. The fourth-order valence-corrected chi connectivity index (χ4v) is 3.28. The Labute approximate surface area is 146 Å². The standard InChI is InChI=1S/C16H13BrClN3S/c1-21-15(12-4-6-13(17)7-5-12)19-20-16(21)22-10-11-2-8-14(18)9-3-11/h2-9H,10H2,1H3. The van der Waals surface area contributed by atoms with Gasteiger partial charge >= 0.3 is 0 Å². The van der Waals surface area contributed by atoms with Crippen LogP contribution in [0.1, 0.15) is 5.56 Å². The van der Waals surface area contributed by atoms with Crippen molar-refractivity contribution in [1.29, 1.82) is 0 Å². The van der Waals surface area contributed by atoms with Gasteiger partial charge in [0.05, 0.1) is 0 Å². The highest BCUT2D eigenvalue weighted by atomic mass is 79.9. The lowest BCUT2D eigenvalue weighted by Gasteiger charge is -2.04. The zero-order valence-corrected chi connectivity index (χ0v) is 15.0. The van der Waals surface area contributed by atoms with E-state index in [0.29, 0.717) is 0 Å². The van der Waals surface area contributed by atoms with E-state index in [1.807, 2.05) is 60.1 Å². The Kier molecular flexibility index (Phi) is 4.86. The Hall–Kier alpha value is -1.30. The molecule has 0 spiro atoms. The average Bonchev–Trinajstić information content (AvgIpc) is 2.89. The second-order valence-electron chi connectivity index (χ2n) is 4.79. The number of thioether (sulfide) groups is 1. The van der Waals surface area contributed by atoms with E-state index in [1.165, 1.54) is 5.56 Å². The third kappa shape index (κ3) is 3.54. The number of benzene rings is 2. The maximum absolute atomic E-state index is 5.90. The summed E-state index contributed by atoms with van der Waals surface area (Å²) in [6.45, 7) is 0. The second-order valence-corrected chi connectivity index (χ2v) is 7.08. The molecular formula is C16H13BrClN3S. The van der Waals surface area contributed by atoms with E-state index in [9.17, 15) is 0 Å². The Morgan fingerprint density at radius 2 is 1.73 bits per heavy atom. The lowest BCUT2D eigenvalue weighted by Crippen LogP contribution is -1.95. The van der Waals surface area contributed by atoms with Crippen molar-refractivity contribution in [3.05, 3.63) is 63.6 Å². The molecule has 0 saturated heterocycles. The maximum atomic E-state index is 5.90. The zero-order valence-electron chi connectivity index (χ0n) is 11.8. The smallest absolute Gasteiger partial charge is 0.191 e. The summed E-state index contributed by atoms with van der Waals surface area (Å²) in [5.41, 5.74) is 2.26. The molecule has 3 nitrogen and oxygen atoms in total. The monoisotopic (exact) mass is 393 g/mol. The Morgan fingerprint density at radius 1 is 1.05 bits per heavy atom. The molecule has 112 valence electrons. The lowest BCUT2D eigenvalue weighted by molar-refractivity contribution is 0.794. The van der Waals surface area contributed by atoms with Gasteiger partial charge in [-0.15, -0.1) is 10.2 Å². The molecule has 1 aromatic heterocycles. The summed E-state index contributed by atoms with van der Waals surface area (Å²) in [7, 11) is 1.99. The fourth-order valence-electron chi connectivity index (χ4n) is 2.02. The molecule has 22 heavy (non-hydrogen) atoms. The summed E-state index contributed by atoms with van der Waals surface area (Å²) in [5.74, 6) is 1.70. The van der Waals surface area contributed by atoms with Crippen LogP contribution in [0.25, 0.3) is 11.4 Å². The number of hydrogen-bond donors (Lipinski definition) is 0. The number of nitrogens with zero attached hydrogens (tertiary/aromatic N) is 3. The predicted molar refractivity (Wildman–Crippen MR) is 95.2 cm³/mol. The van der Waals surface area contributed by atoms with Gasteiger partial charge in [0.25, 0.3) is 0 Å². The van der Waals surface area contributed by atoms with Gasteiger partial charge < -0.3 is 4.57 Å². The van der Waals surface area contributed by atoms with E-state index in [-0.39, 0.29) is 0 Å². The summed E-state index contributed by atoms with van der Waals surface area (Å²) < 4.78 is 3.07. The summed E-state index contributed by atoms with van der Waals surface area (Å²) >= 11 is 11.0. The van der Waals surface area contributed by atoms with Crippen molar-refractivity contribution in [2.24, 2.45) is 7.05 Å². The molecule has 6 heteroatoms. The van der Waals surface area contributed by atoms with Crippen molar-refractivity contribution in [2.75, 3.05) is 0 Å². The third-order valence-electron chi connectivity index (χ3n) is 3.22. The molecule has 0 bridgehead atoms. The normalized spacial score (nSPS) is 10.9. The first-order valence-corrected chi connectivity index (χ1v) is 8.82. The van der Waals surface area contributed by atoms with Crippen LogP contribution in [0.2, 0.25) is 5.02 Å². The molecule has 0 atom stereocenters. The van der Waals surface area contributed by atoms with Crippen LogP contribution in [0.3, 0.4) is 0 Å². The van der Waals surface area contributed by atoms with E-state index in [0.717, 1.165) is 31.8 Å². The topological polar surface area (TPSA) is 30.7 Å². The largest absolute Gasteiger partial charge is 0.305 e. The van der Waals surface area contributed by atoms with Crippen molar-refractivity contribution in [2.45, 2.75) is 10.9 Å². The highest BCUT2D eigenvalue weighted by Gasteiger charge is 2.11. The molecule has 2 aromatic carbocycles. The average molecular weight is 395 g/mol. The summed E-state index contributed by atoms with van der Waals surface area (Å²) in [5, 5.41) is 10.2. The van der Waals surface area contributed by atoms with Crippen LogP contribution in [-0.2, 0) is 12.8 Å². The quantitative estimate of drug-likeness (QED) is 0.570. The molecule has 0 unspecified atom stereocenters. The van der Waals surface area contributed by atoms with Crippen LogP contribution in [0.4, 0.5) is 0 Å². The molecule has 0 aliphatic heterocycles. The molecule has 0 N–H and O–H groups in total.